The average molecular weight is 451 g/mol. The van der Waals surface area contributed by atoms with Crippen LogP contribution in [0.3, 0.4) is 0 Å². The Morgan fingerprint density at radius 2 is 1.84 bits per heavy atom. The molecule has 1 atom stereocenters. The predicted molar refractivity (Wildman–Crippen MR) is 115 cm³/mol. The Hall–Kier alpha value is -4.03. The number of nitriles is 1. The quantitative estimate of drug-likeness (QED) is 0.613. The number of carbonyl (C=O) groups excluding carboxylic acids is 1. The highest BCUT2D eigenvalue weighted by molar-refractivity contribution is 7.07. The van der Waals surface area contributed by atoms with E-state index in [2.05, 4.69) is 0 Å². The summed E-state index contributed by atoms with van der Waals surface area (Å²) in [5.41, 5.74) is 5.53. The third-order valence-electron chi connectivity index (χ3n) is 5.08. The van der Waals surface area contributed by atoms with E-state index < -0.39 is 29.1 Å². The zero-order valence-electron chi connectivity index (χ0n) is 16.6. The van der Waals surface area contributed by atoms with Crippen molar-refractivity contribution in [1.82, 2.24) is 4.57 Å². The third-order valence-corrected chi connectivity index (χ3v) is 6.19. The Labute approximate surface area is 184 Å². The van der Waals surface area contributed by atoms with E-state index in [1.807, 2.05) is 6.07 Å². The van der Waals surface area contributed by atoms with Gasteiger partial charge in [0.05, 0.1) is 34.8 Å². The lowest BCUT2D eigenvalue weighted by Gasteiger charge is -2.24. The number of methoxy groups -OCH3 is 1. The highest BCUT2D eigenvalue weighted by Crippen LogP contribution is 2.37. The number of nitrogens with zero attached hydrogens (tertiary/aromatic N) is 2. The van der Waals surface area contributed by atoms with Gasteiger partial charge in [0.15, 0.2) is 0 Å². The molecular weight excluding hydrogens is 436 g/mol. The number of thiazole rings is 1. The van der Waals surface area contributed by atoms with Gasteiger partial charge in [-0.1, -0.05) is 36.4 Å². The van der Waals surface area contributed by atoms with Crippen LogP contribution in [-0.4, -0.2) is 17.6 Å². The number of halogens is 2. The smallest absolute Gasteiger partial charge is 0.338 e. The molecule has 4 rings (SSSR count). The lowest BCUT2D eigenvalue weighted by atomic mass is 9.83. The Morgan fingerprint density at radius 3 is 2.47 bits per heavy atom. The maximum absolute atomic E-state index is 14.7. The van der Waals surface area contributed by atoms with Crippen molar-refractivity contribution in [1.29, 1.82) is 5.26 Å². The number of carbonyl (C=O) groups is 1. The average Bonchev–Trinajstić information content (AvgIpc) is 3.11. The Kier molecular flexibility index (Phi) is 5.47. The molecule has 160 valence electrons. The number of nitrogens with two attached hydrogens (primary N) is 1. The van der Waals surface area contributed by atoms with Gasteiger partial charge in [-0.05, 0) is 18.2 Å². The summed E-state index contributed by atoms with van der Waals surface area (Å²) in [6.45, 7) is 0. The maximum atomic E-state index is 14.7. The molecule has 0 fully saturated rings. The van der Waals surface area contributed by atoms with Crippen LogP contribution in [0.25, 0.3) is 17.5 Å². The first-order valence-corrected chi connectivity index (χ1v) is 10.2. The van der Waals surface area contributed by atoms with E-state index >= 15 is 0 Å². The van der Waals surface area contributed by atoms with Crippen LogP contribution in [0.15, 0.2) is 58.9 Å². The number of hydrogen-bond donors (Lipinski definition) is 1. The summed E-state index contributed by atoms with van der Waals surface area (Å²) in [6.07, 6.45) is 1.34. The fourth-order valence-electron chi connectivity index (χ4n) is 3.62. The van der Waals surface area contributed by atoms with Crippen molar-refractivity contribution in [3.05, 3.63) is 96.4 Å². The minimum absolute atomic E-state index is 0.0409. The zero-order chi connectivity index (χ0) is 23.0. The first-order valence-electron chi connectivity index (χ1n) is 9.34. The van der Waals surface area contributed by atoms with Crippen molar-refractivity contribution < 1.29 is 18.3 Å². The van der Waals surface area contributed by atoms with Crippen LogP contribution in [0.5, 0.6) is 0 Å². The van der Waals surface area contributed by atoms with E-state index in [1.165, 1.54) is 42.5 Å². The lowest BCUT2D eigenvalue weighted by Crippen LogP contribution is -2.40. The highest BCUT2D eigenvalue weighted by Gasteiger charge is 2.37. The normalized spacial score (nSPS) is 16.0. The number of rotatable bonds is 3. The summed E-state index contributed by atoms with van der Waals surface area (Å²) >= 11 is 0.908. The van der Waals surface area contributed by atoms with Gasteiger partial charge in [0, 0.05) is 11.1 Å². The van der Waals surface area contributed by atoms with Crippen molar-refractivity contribution in [2.24, 2.45) is 5.73 Å². The second-order valence-electron chi connectivity index (χ2n) is 6.85. The summed E-state index contributed by atoms with van der Waals surface area (Å²) in [6, 6.07) is 13.5. The number of ether oxygens (including phenoxy) is 1. The summed E-state index contributed by atoms with van der Waals surface area (Å²) in [5.74, 6) is -3.52. The van der Waals surface area contributed by atoms with Gasteiger partial charge in [-0.25, -0.2) is 13.6 Å². The van der Waals surface area contributed by atoms with E-state index in [4.69, 9.17) is 10.5 Å². The summed E-state index contributed by atoms with van der Waals surface area (Å²) in [5, 5.41) is 9.95. The molecule has 0 saturated heterocycles. The molecule has 6 nitrogen and oxygen atoms in total. The third kappa shape index (κ3) is 3.31. The first kappa shape index (κ1) is 21.2. The first-order chi connectivity index (χ1) is 15.4. The van der Waals surface area contributed by atoms with Gasteiger partial charge in [0.25, 0.3) is 5.56 Å². The summed E-state index contributed by atoms with van der Waals surface area (Å²) < 4.78 is 34.9. The van der Waals surface area contributed by atoms with Gasteiger partial charge in [0.1, 0.15) is 22.1 Å². The molecule has 9 heteroatoms. The van der Waals surface area contributed by atoms with E-state index in [0.717, 1.165) is 23.0 Å². The van der Waals surface area contributed by atoms with Gasteiger partial charge < -0.3 is 10.5 Å². The molecular formula is C23H15F2N3O3S. The predicted octanol–water partition coefficient (Wildman–Crippen LogP) is 1.79. The highest BCUT2D eigenvalue weighted by atomic mass is 32.1. The van der Waals surface area contributed by atoms with Gasteiger partial charge in [-0.3, -0.25) is 9.36 Å². The van der Waals surface area contributed by atoms with Crippen LogP contribution < -0.4 is 20.5 Å². The van der Waals surface area contributed by atoms with Crippen LogP contribution in [0, 0.1) is 23.0 Å². The Bertz CT molecular complexity index is 1510. The largest absolute Gasteiger partial charge is 0.466 e. The number of hydrogen-bond acceptors (Lipinski definition) is 6. The van der Waals surface area contributed by atoms with Crippen molar-refractivity contribution >= 4 is 34.8 Å². The van der Waals surface area contributed by atoms with Crippen molar-refractivity contribution in [2.45, 2.75) is 5.92 Å². The van der Waals surface area contributed by atoms with E-state index in [0.29, 0.717) is 0 Å². The van der Waals surface area contributed by atoms with E-state index in [-0.39, 0.29) is 37.3 Å². The monoisotopic (exact) mass is 451 g/mol. The van der Waals surface area contributed by atoms with Crippen molar-refractivity contribution in [3.63, 3.8) is 0 Å². The summed E-state index contributed by atoms with van der Waals surface area (Å²) in [7, 11) is 1.12. The second kappa shape index (κ2) is 8.24. The Balaban J connectivity index is 2.12. The number of benzene rings is 2. The molecule has 2 heterocycles. The molecule has 3 aromatic rings. The van der Waals surface area contributed by atoms with Gasteiger partial charge >= 0.3 is 5.97 Å². The summed E-state index contributed by atoms with van der Waals surface area (Å²) in [4.78, 5) is 25.7. The molecule has 0 spiro atoms. The Morgan fingerprint density at radius 1 is 1.19 bits per heavy atom. The maximum Gasteiger partial charge on any atom is 0.338 e. The van der Waals surface area contributed by atoms with Crippen molar-refractivity contribution in [2.75, 3.05) is 7.11 Å². The van der Waals surface area contributed by atoms with Crippen LogP contribution in [0.2, 0.25) is 0 Å². The lowest BCUT2D eigenvalue weighted by molar-refractivity contribution is -0.136. The van der Waals surface area contributed by atoms with Crippen molar-refractivity contribution in [3.8, 4) is 6.07 Å². The molecule has 0 amide bonds. The van der Waals surface area contributed by atoms with Gasteiger partial charge in [-0.2, -0.15) is 5.26 Å². The van der Waals surface area contributed by atoms with E-state index in [1.54, 1.807) is 12.1 Å². The van der Waals surface area contributed by atoms with Gasteiger partial charge in [-0.15, -0.1) is 11.3 Å². The van der Waals surface area contributed by atoms with Crippen LogP contribution in [0.4, 0.5) is 8.78 Å². The van der Waals surface area contributed by atoms with Crippen LogP contribution >= 0.6 is 11.3 Å². The topological polar surface area (TPSA) is 98.1 Å². The fourth-order valence-corrected chi connectivity index (χ4v) is 4.73. The number of esters is 1. The standard InChI is InChI=1S/C23H15F2N3O3S/c1-31-23(30)19-18(13-7-3-5-9-16(13)25)14(11-26)22-28(20(19)27)21(29)17(32-22)10-12-6-2-4-8-15(12)24/h2-10,18H,27H2,1H3. The molecule has 1 aromatic heterocycles. The molecule has 2 aromatic carbocycles. The van der Waals surface area contributed by atoms with Gasteiger partial charge in [0.2, 0.25) is 0 Å². The molecule has 1 aliphatic heterocycles. The fraction of sp³-hybridized carbons (Fsp3) is 0.0870. The SMILES string of the molecule is COC(=O)C1=C(N)n2c(sc(=Cc3ccccc3F)c2=O)=C(C#N)C1c1ccccc1F. The van der Waals surface area contributed by atoms with Crippen LogP contribution in [0.1, 0.15) is 17.0 Å². The van der Waals surface area contributed by atoms with Crippen LogP contribution in [-0.2, 0) is 9.53 Å². The molecule has 2 N–H and O–H groups in total. The minimum Gasteiger partial charge on any atom is -0.466 e. The number of aromatic nitrogens is 1. The molecule has 1 aliphatic rings. The molecule has 32 heavy (non-hydrogen) atoms. The molecule has 0 radical (unpaired) electrons. The van der Waals surface area contributed by atoms with E-state index in [9.17, 15) is 23.6 Å². The zero-order valence-corrected chi connectivity index (χ0v) is 17.5. The number of fused-ring (bicyclic) bond motifs is 1. The molecule has 1 unspecified atom stereocenters. The molecule has 0 saturated carbocycles. The molecule has 0 aliphatic carbocycles. The molecule has 0 bridgehead atoms. The minimum atomic E-state index is -1.17. The second-order valence-corrected chi connectivity index (χ2v) is 7.88.